The molecule has 4 aromatic rings. The Morgan fingerprint density at radius 2 is 2.11 bits per heavy atom. The van der Waals surface area contributed by atoms with E-state index < -0.39 is 0 Å². The third-order valence-electron chi connectivity index (χ3n) is 5.71. The summed E-state index contributed by atoms with van der Waals surface area (Å²) in [6.45, 7) is 4.23. The molecule has 0 bridgehead atoms. The highest BCUT2D eigenvalue weighted by Crippen LogP contribution is 2.30. The Morgan fingerprint density at radius 1 is 1.25 bits per heavy atom. The summed E-state index contributed by atoms with van der Waals surface area (Å²) >= 11 is 1.64. The zero-order chi connectivity index (χ0) is 19.1. The molecule has 1 aliphatic heterocycles. The van der Waals surface area contributed by atoms with Crippen LogP contribution in [0.2, 0.25) is 0 Å². The van der Waals surface area contributed by atoms with Crippen LogP contribution in [0.15, 0.2) is 48.7 Å². The van der Waals surface area contributed by atoms with E-state index in [1.165, 1.54) is 12.0 Å². The number of Topliss-reactive ketones (excluding diaryl/α,β-unsaturated/α-hetero) is 1. The summed E-state index contributed by atoms with van der Waals surface area (Å²) in [4.78, 5) is 18.4. The number of benzene rings is 2. The van der Waals surface area contributed by atoms with E-state index in [1.807, 2.05) is 12.1 Å². The first-order chi connectivity index (χ1) is 13.7. The molecular weight excluding hydrogens is 366 g/mol. The number of thiazole rings is 1. The van der Waals surface area contributed by atoms with Crippen molar-refractivity contribution in [2.75, 3.05) is 13.1 Å². The zero-order valence-electron chi connectivity index (χ0n) is 15.9. The van der Waals surface area contributed by atoms with Gasteiger partial charge in [0, 0.05) is 23.7 Å². The van der Waals surface area contributed by atoms with Crippen molar-refractivity contribution in [3.05, 3.63) is 59.8 Å². The van der Waals surface area contributed by atoms with Gasteiger partial charge in [0.25, 0.3) is 0 Å². The molecule has 0 saturated carbocycles. The smallest absolute Gasteiger partial charge is 0.195 e. The van der Waals surface area contributed by atoms with Gasteiger partial charge in [-0.2, -0.15) is 0 Å². The molecule has 1 atom stereocenters. The van der Waals surface area contributed by atoms with Crippen molar-refractivity contribution < 1.29 is 4.79 Å². The van der Waals surface area contributed by atoms with Crippen LogP contribution in [0.4, 0.5) is 0 Å². The molecule has 0 unspecified atom stereocenters. The Morgan fingerprint density at radius 3 is 2.89 bits per heavy atom. The summed E-state index contributed by atoms with van der Waals surface area (Å²) in [5.74, 6) is 0.901. The average Bonchev–Trinajstić information content (AvgIpc) is 3.42. The third-order valence-corrected chi connectivity index (χ3v) is 6.72. The minimum Gasteiger partial charge on any atom is -0.316 e. The lowest BCUT2D eigenvalue weighted by molar-refractivity contribution is 0.0975. The van der Waals surface area contributed by atoms with E-state index in [4.69, 9.17) is 4.98 Å². The lowest BCUT2D eigenvalue weighted by Gasteiger charge is -2.07. The fraction of sp³-hybridized carbons (Fsp3) is 0.304. The monoisotopic (exact) mass is 389 g/mol. The maximum atomic E-state index is 12.6. The fourth-order valence-electron chi connectivity index (χ4n) is 3.98. The Kier molecular flexibility index (Phi) is 4.49. The number of carbonyl (C=O) groups is 1. The van der Waals surface area contributed by atoms with Gasteiger partial charge in [0.1, 0.15) is 0 Å². The fourth-order valence-corrected chi connectivity index (χ4v) is 5.03. The Labute approximate surface area is 168 Å². The van der Waals surface area contributed by atoms with Crippen molar-refractivity contribution in [2.24, 2.45) is 5.92 Å². The van der Waals surface area contributed by atoms with E-state index in [9.17, 15) is 4.79 Å². The van der Waals surface area contributed by atoms with Crippen molar-refractivity contribution in [1.82, 2.24) is 14.7 Å². The van der Waals surface area contributed by atoms with Crippen LogP contribution in [-0.2, 0) is 0 Å². The molecule has 5 heteroatoms. The van der Waals surface area contributed by atoms with Crippen LogP contribution >= 0.6 is 11.3 Å². The lowest BCUT2D eigenvalue weighted by atomic mass is 9.98. The molecule has 3 heterocycles. The van der Waals surface area contributed by atoms with E-state index in [-0.39, 0.29) is 5.78 Å². The van der Waals surface area contributed by atoms with Crippen molar-refractivity contribution in [3.63, 3.8) is 0 Å². The number of hydrogen-bond acceptors (Lipinski definition) is 4. The van der Waals surface area contributed by atoms with Gasteiger partial charge >= 0.3 is 0 Å². The molecule has 0 amide bonds. The molecule has 1 saturated heterocycles. The maximum Gasteiger partial charge on any atom is 0.195 e. The van der Waals surface area contributed by atoms with Crippen LogP contribution in [0.1, 0.15) is 35.2 Å². The molecule has 4 nitrogen and oxygen atoms in total. The number of aryl methyl sites for hydroxylation is 1. The SMILES string of the molecule is Cc1ccc(-c2cn3c(n2)sc2cc(C(=O)CC[C@@H]4CCNC4)ccc23)cc1. The highest BCUT2D eigenvalue weighted by atomic mass is 32.1. The summed E-state index contributed by atoms with van der Waals surface area (Å²) in [6.07, 6.45) is 4.90. The number of hydrogen-bond donors (Lipinski definition) is 1. The van der Waals surface area contributed by atoms with Gasteiger partial charge < -0.3 is 5.32 Å². The van der Waals surface area contributed by atoms with E-state index in [1.54, 1.807) is 11.3 Å². The third kappa shape index (κ3) is 3.25. The second-order valence-electron chi connectivity index (χ2n) is 7.75. The summed E-state index contributed by atoms with van der Waals surface area (Å²) in [5.41, 5.74) is 5.29. The summed E-state index contributed by atoms with van der Waals surface area (Å²) in [5, 5.41) is 3.37. The van der Waals surface area contributed by atoms with Gasteiger partial charge in [0.15, 0.2) is 10.7 Å². The van der Waals surface area contributed by atoms with Gasteiger partial charge in [-0.3, -0.25) is 9.20 Å². The maximum absolute atomic E-state index is 12.6. The van der Waals surface area contributed by atoms with Crippen LogP contribution in [0.25, 0.3) is 26.4 Å². The topological polar surface area (TPSA) is 46.4 Å². The normalized spacial score (nSPS) is 17.0. The zero-order valence-corrected chi connectivity index (χ0v) is 16.8. The molecule has 1 aliphatic rings. The summed E-state index contributed by atoms with van der Waals surface area (Å²) in [6, 6.07) is 14.5. The predicted molar refractivity (Wildman–Crippen MR) is 115 cm³/mol. The molecule has 5 rings (SSSR count). The number of aromatic nitrogens is 2. The highest BCUT2D eigenvalue weighted by Gasteiger charge is 2.17. The van der Waals surface area contributed by atoms with Crippen molar-refractivity contribution in [1.29, 1.82) is 0 Å². The van der Waals surface area contributed by atoms with Gasteiger partial charge in [-0.1, -0.05) is 41.2 Å². The number of imidazole rings is 1. The van der Waals surface area contributed by atoms with Crippen molar-refractivity contribution in [3.8, 4) is 11.3 Å². The molecule has 0 radical (unpaired) electrons. The number of ketones is 1. The van der Waals surface area contributed by atoms with E-state index in [0.717, 1.165) is 51.5 Å². The van der Waals surface area contributed by atoms with Crippen LogP contribution in [0.5, 0.6) is 0 Å². The minimum atomic E-state index is 0.250. The largest absolute Gasteiger partial charge is 0.316 e. The van der Waals surface area contributed by atoms with Crippen LogP contribution < -0.4 is 5.32 Å². The van der Waals surface area contributed by atoms with E-state index in [0.29, 0.717) is 12.3 Å². The first-order valence-corrected chi connectivity index (χ1v) is 10.7. The molecule has 0 aliphatic carbocycles. The molecule has 2 aromatic carbocycles. The Balaban J connectivity index is 1.41. The second kappa shape index (κ2) is 7.15. The standard InChI is InChI=1S/C23H23N3OS/c1-15-2-5-17(6-3-15)19-14-26-20-8-7-18(12-22(20)28-23(26)25-19)21(27)9-4-16-10-11-24-13-16/h2-3,5-8,12,14,16,24H,4,9-11,13H2,1H3/t16-/m1/s1. The van der Waals surface area contributed by atoms with Crippen molar-refractivity contribution >= 4 is 32.3 Å². The first kappa shape index (κ1) is 17.6. The number of nitrogens with zero attached hydrogens (tertiary/aromatic N) is 2. The first-order valence-electron chi connectivity index (χ1n) is 9.90. The van der Waals surface area contributed by atoms with Gasteiger partial charge in [-0.15, -0.1) is 0 Å². The second-order valence-corrected chi connectivity index (χ2v) is 8.76. The number of rotatable bonds is 5. The average molecular weight is 390 g/mol. The predicted octanol–water partition coefficient (Wildman–Crippen LogP) is 5.10. The van der Waals surface area contributed by atoms with Gasteiger partial charge in [0.05, 0.1) is 15.9 Å². The van der Waals surface area contributed by atoms with Crippen LogP contribution in [0, 0.1) is 12.8 Å². The van der Waals surface area contributed by atoms with E-state index in [2.05, 4.69) is 53.2 Å². The number of fused-ring (bicyclic) bond motifs is 3. The van der Waals surface area contributed by atoms with Gasteiger partial charge in [-0.25, -0.2) is 4.98 Å². The summed E-state index contributed by atoms with van der Waals surface area (Å²) in [7, 11) is 0. The number of nitrogens with one attached hydrogen (secondary N) is 1. The molecular formula is C23H23N3OS. The van der Waals surface area contributed by atoms with Gasteiger partial charge in [-0.05, 0) is 57.0 Å². The molecule has 28 heavy (non-hydrogen) atoms. The highest BCUT2D eigenvalue weighted by molar-refractivity contribution is 7.23. The van der Waals surface area contributed by atoms with E-state index >= 15 is 0 Å². The van der Waals surface area contributed by atoms with Crippen LogP contribution in [-0.4, -0.2) is 28.3 Å². The molecule has 2 aromatic heterocycles. The molecule has 1 fully saturated rings. The minimum absolute atomic E-state index is 0.250. The molecule has 142 valence electrons. The summed E-state index contributed by atoms with van der Waals surface area (Å²) < 4.78 is 3.25. The Bertz CT molecular complexity index is 1150. The van der Waals surface area contributed by atoms with Crippen LogP contribution in [0.3, 0.4) is 0 Å². The van der Waals surface area contributed by atoms with Gasteiger partial charge in [0.2, 0.25) is 0 Å². The molecule has 0 spiro atoms. The molecule has 1 N–H and O–H groups in total. The Hall–Kier alpha value is -2.50. The quantitative estimate of drug-likeness (QED) is 0.483. The van der Waals surface area contributed by atoms with Crippen molar-refractivity contribution in [2.45, 2.75) is 26.2 Å². The lowest BCUT2D eigenvalue weighted by Crippen LogP contribution is -2.10. The number of carbonyl (C=O) groups excluding carboxylic acids is 1.